The Morgan fingerprint density at radius 2 is 1.75 bits per heavy atom. The van der Waals surface area contributed by atoms with E-state index in [-0.39, 0.29) is 0 Å². The maximum absolute atomic E-state index is 10.2. The Morgan fingerprint density at radius 1 is 1.42 bits per heavy atom. The molecule has 0 bridgehead atoms. The van der Waals surface area contributed by atoms with E-state index < -0.39 is 20.1 Å². The molecule has 72 valence electrons. The molecule has 0 saturated heterocycles. The van der Waals surface area contributed by atoms with Gasteiger partial charge in [0.2, 0.25) is 0 Å². The summed E-state index contributed by atoms with van der Waals surface area (Å²) in [6, 6.07) is 0. The fourth-order valence-electron chi connectivity index (χ4n) is 0.195. The lowest BCUT2D eigenvalue weighted by Crippen LogP contribution is -2.28. The molecular weight excluding hydrogens is 189 g/mol. The Morgan fingerprint density at radius 3 is 1.83 bits per heavy atom. The summed E-state index contributed by atoms with van der Waals surface area (Å²) in [4.78, 5) is 34.6. The average Bonchev–Trinajstić information content (AvgIpc) is 2.00. The summed E-state index contributed by atoms with van der Waals surface area (Å²) in [5.74, 6) is -1.60. The smallest absolute Gasteiger partial charge is 0.396 e. The lowest BCUT2D eigenvalue weighted by Gasteiger charge is -1.92. The third-order valence-electron chi connectivity index (χ3n) is 0.598. The molecule has 8 heteroatoms. The first kappa shape index (κ1) is 13.7. The summed E-state index contributed by atoms with van der Waals surface area (Å²) in [6.07, 6.45) is 0. The van der Waals surface area contributed by atoms with E-state index in [0.29, 0.717) is 0 Å². The fraction of sp³-hybridized carbons (Fsp3) is 0.500. The molecule has 0 rings (SSSR count). The lowest BCUT2D eigenvalue weighted by atomic mass is 10.6. The summed E-state index contributed by atoms with van der Waals surface area (Å²) in [7, 11) is -0.619. The second kappa shape index (κ2) is 8.19. The van der Waals surface area contributed by atoms with Crippen molar-refractivity contribution in [1.82, 2.24) is 5.32 Å². The molecule has 0 heterocycles. The summed E-state index contributed by atoms with van der Waals surface area (Å²) >= 11 is 0. The maximum Gasteiger partial charge on any atom is 0.396 e. The Bertz CT molecular complexity index is 162. The van der Waals surface area contributed by atoms with Crippen LogP contribution in [-0.2, 0) is 18.9 Å². The lowest BCUT2D eigenvalue weighted by molar-refractivity contribution is -0.152. The van der Waals surface area contributed by atoms with Gasteiger partial charge >= 0.3 is 20.1 Å². The predicted octanol–water partition coefficient (Wildman–Crippen LogP) is -1.73. The van der Waals surface area contributed by atoms with Crippen molar-refractivity contribution >= 4 is 20.1 Å². The van der Waals surface area contributed by atoms with Crippen molar-refractivity contribution in [1.29, 1.82) is 0 Å². The summed E-state index contributed by atoms with van der Waals surface area (Å²) < 4.78 is 12.8. The molecule has 0 saturated carbocycles. The zero-order valence-electron chi connectivity index (χ0n) is 6.53. The molecule has 0 aromatic heterocycles. The standard InChI is InChI=1S/C4H7NO3.H3O3P/c1-5-3(6)4(7)8-2;1-4(2)3/h1-2H3,(H,5,6);4H,(H2,1,2,3). The van der Waals surface area contributed by atoms with Crippen molar-refractivity contribution in [3.8, 4) is 0 Å². The van der Waals surface area contributed by atoms with Crippen LogP contribution >= 0.6 is 8.25 Å². The molecule has 0 unspecified atom stereocenters. The number of amides is 1. The van der Waals surface area contributed by atoms with Gasteiger partial charge < -0.3 is 19.8 Å². The van der Waals surface area contributed by atoms with Crippen molar-refractivity contribution in [3.63, 3.8) is 0 Å². The summed E-state index contributed by atoms with van der Waals surface area (Å²) in [5, 5.41) is 2.10. The number of ether oxygens (including phenoxy) is 1. The van der Waals surface area contributed by atoms with Crippen LogP contribution in [0.15, 0.2) is 0 Å². The minimum absolute atomic E-state index is 0.729. The van der Waals surface area contributed by atoms with Crippen molar-refractivity contribution in [2.45, 2.75) is 0 Å². The monoisotopic (exact) mass is 199 g/mol. The van der Waals surface area contributed by atoms with Crippen LogP contribution in [0.1, 0.15) is 0 Å². The van der Waals surface area contributed by atoms with Crippen LogP contribution < -0.4 is 5.32 Å². The number of esters is 1. The first-order chi connectivity index (χ1) is 5.45. The van der Waals surface area contributed by atoms with E-state index in [9.17, 15) is 9.59 Å². The molecule has 0 aliphatic heterocycles. The first-order valence-electron chi connectivity index (χ1n) is 2.67. The second-order valence-electron chi connectivity index (χ2n) is 1.35. The Labute approximate surface area is 69.3 Å². The second-order valence-corrected chi connectivity index (χ2v) is 1.92. The number of rotatable bonds is 0. The number of likely N-dealkylation sites (N-methyl/N-ethyl adjacent to an activating group) is 1. The third-order valence-corrected chi connectivity index (χ3v) is 0.598. The van der Waals surface area contributed by atoms with Gasteiger partial charge in [0, 0.05) is 7.05 Å². The van der Waals surface area contributed by atoms with E-state index in [0.717, 1.165) is 7.11 Å². The van der Waals surface area contributed by atoms with Gasteiger partial charge in [0.05, 0.1) is 7.11 Å². The molecular formula is C4H10NO6P. The molecule has 0 fully saturated rings. The van der Waals surface area contributed by atoms with Crippen LogP contribution in [-0.4, -0.2) is 35.8 Å². The highest BCUT2D eigenvalue weighted by atomic mass is 31.1. The van der Waals surface area contributed by atoms with Crippen LogP contribution in [0.25, 0.3) is 0 Å². The molecule has 0 atom stereocenters. The highest BCUT2D eigenvalue weighted by molar-refractivity contribution is 7.30. The first-order valence-corrected chi connectivity index (χ1v) is 3.97. The van der Waals surface area contributed by atoms with E-state index in [2.05, 4.69) is 10.1 Å². The number of hydrogen-bond donors (Lipinski definition) is 3. The van der Waals surface area contributed by atoms with Crippen molar-refractivity contribution < 1.29 is 28.7 Å². The van der Waals surface area contributed by atoms with Gasteiger partial charge in [-0.05, 0) is 0 Å². The van der Waals surface area contributed by atoms with Crippen LogP contribution in [0, 0.1) is 0 Å². The minimum Gasteiger partial charge on any atom is -0.462 e. The van der Waals surface area contributed by atoms with Crippen molar-refractivity contribution in [2.75, 3.05) is 14.2 Å². The van der Waals surface area contributed by atoms with Gasteiger partial charge in [-0.25, -0.2) is 4.79 Å². The van der Waals surface area contributed by atoms with Gasteiger partial charge in [-0.2, -0.15) is 0 Å². The third kappa shape index (κ3) is 11.8. The molecule has 0 aromatic rings. The molecule has 3 N–H and O–H groups in total. The van der Waals surface area contributed by atoms with E-state index in [1.54, 1.807) is 0 Å². The summed E-state index contributed by atoms with van der Waals surface area (Å²) in [5.41, 5.74) is 0. The van der Waals surface area contributed by atoms with Gasteiger partial charge in [0.25, 0.3) is 0 Å². The van der Waals surface area contributed by atoms with Crippen LogP contribution in [0.5, 0.6) is 0 Å². The number of nitrogens with one attached hydrogen (secondary N) is 1. The number of hydrogen-bond acceptors (Lipinski definition) is 4. The topological polar surface area (TPSA) is 113 Å². The molecule has 1 amide bonds. The minimum atomic E-state index is -3.13. The number of carbonyl (C=O) groups excluding carboxylic acids is 2. The average molecular weight is 199 g/mol. The highest BCUT2D eigenvalue weighted by Gasteiger charge is 2.08. The van der Waals surface area contributed by atoms with E-state index >= 15 is 0 Å². The zero-order valence-corrected chi connectivity index (χ0v) is 7.53. The van der Waals surface area contributed by atoms with Crippen molar-refractivity contribution in [2.24, 2.45) is 0 Å². The van der Waals surface area contributed by atoms with Crippen molar-refractivity contribution in [3.05, 3.63) is 0 Å². The Kier molecular flexibility index (Phi) is 9.32. The molecule has 0 aliphatic rings. The summed E-state index contributed by atoms with van der Waals surface area (Å²) in [6.45, 7) is 0. The van der Waals surface area contributed by atoms with Crippen LogP contribution in [0.2, 0.25) is 0 Å². The fourth-order valence-corrected chi connectivity index (χ4v) is 0.195. The van der Waals surface area contributed by atoms with Gasteiger partial charge in [-0.15, -0.1) is 0 Å². The molecule has 7 nitrogen and oxygen atoms in total. The molecule has 0 aromatic carbocycles. The number of methoxy groups -OCH3 is 1. The SMILES string of the molecule is CNC(=O)C(=O)OC.O=[PH](O)O. The molecule has 12 heavy (non-hydrogen) atoms. The molecule has 0 radical (unpaired) electrons. The van der Waals surface area contributed by atoms with E-state index in [1.807, 2.05) is 0 Å². The van der Waals surface area contributed by atoms with Gasteiger partial charge in [-0.1, -0.05) is 0 Å². The van der Waals surface area contributed by atoms with E-state index in [4.69, 9.17) is 14.4 Å². The van der Waals surface area contributed by atoms with Gasteiger partial charge in [0.1, 0.15) is 0 Å². The zero-order chi connectivity index (χ0) is 10.1. The normalized spacial score (nSPS) is 8.08. The van der Waals surface area contributed by atoms with Crippen LogP contribution in [0.4, 0.5) is 0 Å². The van der Waals surface area contributed by atoms with Crippen LogP contribution in [0.3, 0.4) is 0 Å². The predicted molar refractivity (Wildman–Crippen MR) is 39.5 cm³/mol. The van der Waals surface area contributed by atoms with Gasteiger partial charge in [-0.3, -0.25) is 9.36 Å². The number of carbonyl (C=O) groups is 2. The largest absolute Gasteiger partial charge is 0.462 e. The molecule has 0 spiro atoms. The Hall–Kier alpha value is -0.910. The quantitative estimate of drug-likeness (QED) is 0.242. The van der Waals surface area contributed by atoms with E-state index in [1.165, 1.54) is 7.05 Å². The highest BCUT2D eigenvalue weighted by Crippen LogP contribution is 1.98. The molecule has 0 aliphatic carbocycles. The maximum atomic E-state index is 10.2. The Balaban J connectivity index is 0. The van der Waals surface area contributed by atoms with Gasteiger partial charge in [0.15, 0.2) is 0 Å².